The number of hydrogen-bond donors (Lipinski definition) is 1. The molecule has 0 saturated heterocycles. The summed E-state index contributed by atoms with van der Waals surface area (Å²) in [6.07, 6.45) is 12.5. The van der Waals surface area contributed by atoms with E-state index in [1.54, 1.807) is 0 Å². The Hall–Kier alpha value is -2.74. The van der Waals surface area contributed by atoms with Crippen molar-refractivity contribution in [3.8, 4) is 0 Å². The first-order valence-electron chi connectivity index (χ1n) is 9.02. The summed E-state index contributed by atoms with van der Waals surface area (Å²) in [5.74, 6) is 0. The topological polar surface area (TPSA) is 19.0 Å². The van der Waals surface area contributed by atoms with E-state index in [0.717, 1.165) is 31.4 Å². The van der Waals surface area contributed by atoms with Crippen LogP contribution in [0.3, 0.4) is 0 Å². The van der Waals surface area contributed by atoms with Crippen molar-refractivity contribution in [2.24, 2.45) is 0 Å². The lowest BCUT2D eigenvalue weighted by Gasteiger charge is -2.23. The lowest BCUT2D eigenvalue weighted by atomic mass is 9.95. The molecule has 4 rings (SSSR count). The van der Waals surface area contributed by atoms with Crippen LogP contribution in [0, 0.1) is 0 Å². The maximum atomic E-state index is 4.31. The summed E-state index contributed by atoms with van der Waals surface area (Å²) in [7, 11) is 0. The third-order valence-corrected chi connectivity index (χ3v) is 5.17. The summed E-state index contributed by atoms with van der Waals surface area (Å²) in [6.45, 7) is 10.5. The first-order valence-corrected chi connectivity index (χ1v) is 9.02. The Balaban J connectivity index is 1.96. The van der Waals surface area contributed by atoms with Gasteiger partial charge in [0.15, 0.2) is 0 Å². The number of nitrogens with zero attached hydrogens (tertiary/aromatic N) is 1. The Bertz CT molecular complexity index is 908. The van der Waals surface area contributed by atoms with E-state index >= 15 is 0 Å². The van der Waals surface area contributed by atoms with Crippen LogP contribution < -0.4 is 4.90 Å². The predicted molar refractivity (Wildman–Crippen MR) is 107 cm³/mol. The molecule has 25 heavy (non-hydrogen) atoms. The van der Waals surface area contributed by atoms with E-state index in [-0.39, 0.29) is 0 Å². The van der Waals surface area contributed by atoms with Crippen LogP contribution in [0.25, 0.3) is 11.6 Å². The number of aromatic amines is 1. The van der Waals surface area contributed by atoms with Gasteiger partial charge < -0.3 is 9.88 Å². The highest BCUT2D eigenvalue weighted by Crippen LogP contribution is 2.42. The summed E-state index contributed by atoms with van der Waals surface area (Å²) in [6, 6.07) is 8.82. The molecule has 0 amide bonds. The minimum atomic E-state index is 0.970. The Morgan fingerprint density at radius 3 is 2.96 bits per heavy atom. The summed E-state index contributed by atoms with van der Waals surface area (Å²) < 4.78 is 0. The highest BCUT2D eigenvalue weighted by atomic mass is 15.2. The van der Waals surface area contributed by atoms with Crippen LogP contribution in [0.1, 0.15) is 42.1 Å². The maximum absolute atomic E-state index is 4.31. The van der Waals surface area contributed by atoms with Gasteiger partial charge in [0, 0.05) is 41.0 Å². The van der Waals surface area contributed by atoms with E-state index in [4.69, 9.17) is 0 Å². The fourth-order valence-corrected chi connectivity index (χ4v) is 3.98. The molecule has 126 valence electrons. The number of aromatic nitrogens is 1. The first kappa shape index (κ1) is 15.8. The third kappa shape index (κ3) is 2.58. The van der Waals surface area contributed by atoms with Crippen molar-refractivity contribution in [1.82, 2.24) is 4.98 Å². The molecule has 2 heteroatoms. The second-order valence-electron chi connectivity index (χ2n) is 6.72. The number of hydrogen-bond acceptors (Lipinski definition) is 1. The van der Waals surface area contributed by atoms with Crippen LogP contribution in [-0.2, 0) is 12.8 Å². The average molecular weight is 328 g/mol. The number of H-pyrrole nitrogens is 1. The van der Waals surface area contributed by atoms with E-state index in [1.165, 1.54) is 39.3 Å². The molecule has 2 heterocycles. The zero-order chi connectivity index (χ0) is 17.4. The second-order valence-corrected chi connectivity index (χ2v) is 6.72. The standard InChI is InChI=1S/C23H24N2/c1-4-7-19(5-2)25-20-14-18-12-13-24-23(18)16(3)10-11-17-8-6-9-22(25)21(17)15-20/h5-9,12-14,24H,2-4,10-11,15H2,1H3/b19-7+,20-14?. The molecule has 2 bridgehead atoms. The molecule has 1 aromatic heterocycles. The van der Waals surface area contributed by atoms with Crippen molar-refractivity contribution >= 4 is 17.3 Å². The average Bonchev–Trinajstić information content (AvgIpc) is 3.22. The Labute approximate surface area is 149 Å². The van der Waals surface area contributed by atoms with Gasteiger partial charge in [-0.15, -0.1) is 0 Å². The molecular formula is C23H24N2. The Kier molecular flexibility index (Phi) is 3.96. The van der Waals surface area contributed by atoms with E-state index < -0.39 is 0 Å². The van der Waals surface area contributed by atoms with Crippen molar-refractivity contribution in [2.75, 3.05) is 4.90 Å². The predicted octanol–water partition coefficient (Wildman–Crippen LogP) is 5.86. The zero-order valence-electron chi connectivity index (χ0n) is 14.8. The van der Waals surface area contributed by atoms with Gasteiger partial charge in [0.25, 0.3) is 0 Å². The molecule has 2 aliphatic rings. The monoisotopic (exact) mass is 328 g/mol. The van der Waals surface area contributed by atoms with Crippen LogP contribution in [0.2, 0.25) is 0 Å². The molecule has 0 saturated carbocycles. The van der Waals surface area contributed by atoms with Crippen molar-refractivity contribution in [3.05, 3.63) is 89.6 Å². The lowest BCUT2D eigenvalue weighted by Crippen LogP contribution is -2.16. The molecule has 0 fully saturated rings. The van der Waals surface area contributed by atoms with E-state index in [2.05, 4.69) is 66.4 Å². The highest BCUT2D eigenvalue weighted by molar-refractivity contribution is 5.80. The van der Waals surface area contributed by atoms with Crippen LogP contribution in [0.15, 0.2) is 67.2 Å². The molecule has 1 aromatic carbocycles. The Morgan fingerprint density at radius 1 is 1.28 bits per heavy atom. The fraction of sp³-hybridized carbons (Fsp3) is 0.217. The van der Waals surface area contributed by atoms with Gasteiger partial charge in [0.1, 0.15) is 0 Å². The number of aryl methyl sites for hydroxylation is 1. The van der Waals surface area contributed by atoms with Gasteiger partial charge in [-0.1, -0.05) is 38.3 Å². The van der Waals surface area contributed by atoms with E-state index in [1.807, 2.05) is 12.3 Å². The first-order chi connectivity index (χ1) is 12.2. The van der Waals surface area contributed by atoms with Gasteiger partial charge in [0.2, 0.25) is 0 Å². The highest BCUT2D eigenvalue weighted by Gasteiger charge is 2.28. The zero-order valence-corrected chi connectivity index (χ0v) is 14.8. The number of anilines is 1. The fourth-order valence-electron chi connectivity index (χ4n) is 3.98. The minimum absolute atomic E-state index is 0.970. The summed E-state index contributed by atoms with van der Waals surface area (Å²) in [4.78, 5) is 5.75. The molecule has 2 aromatic rings. The molecule has 1 aliphatic carbocycles. The quantitative estimate of drug-likeness (QED) is 0.699. The van der Waals surface area contributed by atoms with Crippen LogP contribution >= 0.6 is 0 Å². The summed E-state index contributed by atoms with van der Waals surface area (Å²) in [5, 5.41) is 0. The Morgan fingerprint density at radius 2 is 2.16 bits per heavy atom. The molecule has 1 aliphatic heterocycles. The van der Waals surface area contributed by atoms with E-state index in [9.17, 15) is 0 Å². The van der Waals surface area contributed by atoms with Crippen molar-refractivity contribution in [2.45, 2.75) is 32.6 Å². The number of fused-ring (bicyclic) bond motifs is 2. The van der Waals surface area contributed by atoms with Gasteiger partial charge in [-0.25, -0.2) is 0 Å². The van der Waals surface area contributed by atoms with Crippen LogP contribution in [0.5, 0.6) is 0 Å². The number of nitrogens with one attached hydrogen (secondary N) is 1. The van der Waals surface area contributed by atoms with Gasteiger partial charge in [0.05, 0.1) is 0 Å². The van der Waals surface area contributed by atoms with Gasteiger partial charge >= 0.3 is 0 Å². The normalized spacial score (nSPS) is 16.5. The number of allylic oxidation sites excluding steroid dienone is 4. The van der Waals surface area contributed by atoms with Gasteiger partial charge in [-0.2, -0.15) is 0 Å². The van der Waals surface area contributed by atoms with Gasteiger partial charge in [-0.3, -0.25) is 0 Å². The van der Waals surface area contributed by atoms with Crippen molar-refractivity contribution in [1.29, 1.82) is 0 Å². The molecule has 1 N–H and O–H groups in total. The van der Waals surface area contributed by atoms with Crippen molar-refractivity contribution in [3.63, 3.8) is 0 Å². The molecular weight excluding hydrogens is 304 g/mol. The number of benzene rings is 1. The summed E-state index contributed by atoms with van der Waals surface area (Å²) >= 11 is 0. The SMILES string of the molecule is C=C/C(=C\CC)N1C2=Cc3cc[nH]c3C(=C)CCc3cccc1c3C2. The van der Waals surface area contributed by atoms with Gasteiger partial charge in [-0.05, 0) is 60.2 Å². The van der Waals surface area contributed by atoms with Crippen LogP contribution in [-0.4, -0.2) is 4.98 Å². The third-order valence-electron chi connectivity index (χ3n) is 5.17. The molecule has 0 atom stereocenters. The maximum Gasteiger partial charge on any atom is 0.0497 e. The smallest absolute Gasteiger partial charge is 0.0497 e. The molecule has 0 spiro atoms. The minimum Gasteiger partial charge on any atom is -0.361 e. The largest absolute Gasteiger partial charge is 0.361 e. The molecule has 0 radical (unpaired) electrons. The number of rotatable bonds is 3. The van der Waals surface area contributed by atoms with E-state index in [0.29, 0.717) is 0 Å². The second kappa shape index (κ2) is 6.29. The van der Waals surface area contributed by atoms with Crippen LogP contribution in [0.4, 0.5) is 5.69 Å². The summed E-state index contributed by atoms with van der Waals surface area (Å²) in [5.41, 5.74) is 10.2. The van der Waals surface area contributed by atoms with Crippen molar-refractivity contribution < 1.29 is 0 Å². The molecule has 0 unspecified atom stereocenters. The lowest BCUT2D eigenvalue weighted by molar-refractivity contribution is 0.986. The molecule has 2 nitrogen and oxygen atoms in total.